The number of hydrogen-bond donors (Lipinski definition) is 1. The number of hydrogen-bond acceptors (Lipinski definition) is 4. The third kappa shape index (κ3) is 3.32. The Morgan fingerprint density at radius 2 is 2.13 bits per heavy atom. The average Bonchev–Trinajstić information content (AvgIpc) is 2.19. The molecule has 0 aromatic heterocycles. The van der Waals surface area contributed by atoms with Crippen LogP contribution in [0.25, 0.3) is 0 Å². The molecule has 1 saturated heterocycles. The van der Waals surface area contributed by atoms with Gasteiger partial charge in [0.1, 0.15) is 6.04 Å². The van der Waals surface area contributed by atoms with Crippen LogP contribution in [0.2, 0.25) is 0 Å². The van der Waals surface area contributed by atoms with Crippen molar-refractivity contribution in [2.75, 3.05) is 32.8 Å². The molecular formula is C11H20N2O2. The monoisotopic (exact) mass is 212 g/mol. The molecule has 0 aliphatic carbocycles. The highest BCUT2D eigenvalue weighted by Crippen LogP contribution is 2.11. The molecular weight excluding hydrogens is 192 g/mol. The van der Waals surface area contributed by atoms with Gasteiger partial charge in [-0.2, -0.15) is 0 Å². The van der Waals surface area contributed by atoms with Crippen LogP contribution in [0.5, 0.6) is 0 Å². The summed E-state index contributed by atoms with van der Waals surface area (Å²) in [6.07, 6.45) is 0. The minimum Gasteiger partial charge on any atom is -0.465 e. The van der Waals surface area contributed by atoms with Gasteiger partial charge < -0.3 is 10.1 Å². The van der Waals surface area contributed by atoms with Gasteiger partial charge in [-0.15, -0.1) is 0 Å². The molecule has 86 valence electrons. The molecule has 0 saturated carbocycles. The van der Waals surface area contributed by atoms with Crippen LogP contribution in [-0.4, -0.2) is 49.7 Å². The Balaban J connectivity index is 2.63. The van der Waals surface area contributed by atoms with Crippen molar-refractivity contribution in [1.82, 2.24) is 10.2 Å². The van der Waals surface area contributed by atoms with Crippen LogP contribution in [0.1, 0.15) is 13.8 Å². The molecule has 1 atom stereocenters. The summed E-state index contributed by atoms with van der Waals surface area (Å²) in [5, 5.41) is 3.26. The van der Waals surface area contributed by atoms with E-state index in [1.54, 1.807) is 0 Å². The van der Waals surface area contributed by atoms with Gasteiger partial charge in [0.25, 0.3) is 0 Å². The zero-order valence-electron chi connectivity index (χ0n) is 9.58. The number of piperazine rings is 1. The molecule has 0 spiro atoms. The lowest BCUT2D eigenvalue weighted by molar-refractivity contribution is -0.148. The summed E-state index contributed by atoms with van der Waals surface area (Å²) in [5.74, 6) is -0.174. The summed E-state index contributed by atoms with van der Waals surface area (Å²) >= 11 is 0. The summed E-state index contributed by atoms with van der Waals surface area (Å²) in [6.45, 7) is 11.6. The fourth-order valence-electron chi connectivity index (χ4n) is 1.82. The van der Waals surface area contributed by atoms with Crippen LogP contribution in [-0.2, 0) is 9.53 Å². The van der Waals surface area contributed by atoms with Gasteiger partial charge in [0.05, 0.1) is 6.61 Å². The summed E-state index contributed by atoms with van der Waals surface area (Å²) in [7, 11) is 0. The predicted molar refractivity (Wildman–Crippen MR) is 59.7 cm³/mol. The van der Waals surface area contributed by atoms with Gasteiger partial charge >= 0.3 is 5.97 Å². The molecule has 1 rings (SSSR count). The van der Waals surface area contributed by atoms with Gasteiger partial charge in [0, 0.05) is 26.2 Å². The van der Waals surface area contributed by atoms with Crippen molar-refractivity contribution < 1.29 is 9.53 Å². The first-order chi connectivity index (χ1) is 7.16. The van der Waals surface area contributed by atoms with Crippen molar-refractivity contribution in [3.8, 4) is 0 Å². The largest absolute Gasteiger partial charge is 0.465 e. The lowest BCUT2D eigenvalue weighted by atomic mass is 10.1. The summed E-state index contributed by atoms with van der Waals surface area (Å²) in [6, 6.07) is -0.271. The van der Waals surface area contributed by atoms with Crippen molar-refractivity contribution >= 4 is 5.97 Å². The second kappa shape index (κ2) is 5.88. The van der Waals surface area contributed by atoms with E-state index in [1.165, 1.54) is 0 Å². The van der Waals surface area contributed by atoms with Gasteiger partial charge in [-0.25, -0.2) is 4.79 Å². The number of carbonyl (C=O) groups is 1. The summed E-state index contributed by atoms with van der Waals surface area (Å²) < 4.78 is 5.06. The molecule has 0 aromatic rings. The highest BCUT2D eigenvalue weighted by Gasteiger charge is 2.28. The van der Waals surface area contributed by atoms with Crippen LogP contribution in [0.15, 0.2) is 12.2 Å². The standard InChI is InChI=1S/C11H20N2O2/c1-4-15-11(14)10(9(2)3)13-7-5-12-6-8-13/h10,12H,2,4-8H2,1,3H3. The van der Waals surface area contributed by atoms with E-state index in [1.807, 2.05) is 13.8 Å². The number of esters is 1. The molecule has 4 nitrogen and oxygen atoms in total. The first-order valence-corrected chi connectivity index (χ1v) is 5.43. The van der Waals surface area contributed by atoms with Crippen molar-refractivity contribution in [2.24, 2.45) is 0 Å². The molecule has 0 amide bonds. The van der Waals surface area contributed by atoms with Crippen LogP contribution >= 0.6 is 0 Å². The minimum atomic E-state index is -0.271. The maximum Gasteiger partial charge on any atom is 0.327 e. The second-order valence-electron chi connectivity index (χ2n) is 3.79. The number of nitrogens with zero attached hydrogens (tertiary/aromatic N) is 1. The van der Waals surface area contributed by atoms with Gasteiger partial charge in [-0.3, -0.25) is 4.90 Å². The van der Waals surface area contributed by atoms with Gasteiger partial charge in [-0.05, 0) is 13.8 Å². The number of ether oxygens (including phenoxy) is 1. The van der Waals surface area contributed by atoms with E-state index in [0.717, 1.165) is 31.8 Å². The summed E-state index contributed by atoms with van der Waals surface area (Å²) in [5.41, 5.74) is 0.857. The first kappa shape index (κ1) is 12.2. The van der Waals surface area contributed by atoms with E-state index in [9.17, 15) is 4.79 Å². The van der Waals surface area contributed by atoms with Crippen LogP contribution in [0.3, 0.4) is 0 Å². The molecule has 0 radical (unpaired) electrons. The lowest BCUT2D eigenvalue weighted by Crippen LogP contribution is -2.52. The van der Waals surface area contributed by atoms with Crippen LogP contribution in [0.4, 0.5) is 0 Å². The molecule has 1 fully saturated rings. The Bertz CT molecular complexity index is 235. The normalized spacial score (nSPS) is 19.6. The zero-order chi connectivity index (χ0) is 11.3. The number of rotatable bonds is 4. The smallest absolute Gasteiger partial charge is 0.327 e. The van der Waals surface area contributed by atoms with E-state index < -0.39 is 0 Å². The topological polar surface area (TPSA) is 41.6 Å². The Morgan fingerprint density at radius 3 is 2.60 bits per heavy atom. The third-order valence-electron chi connectivity index (χ3n) is 2.49. The summed E-state index contributed by atoms with van der Waals surface area (Å²) in [4.78, 5) is 13.9. The number of nitrogens with one attached hydrogen (secondary N) is 1. The molecule has 15 heavy (non-hydrogen) atoms. The molecule has 1 N–H and O–H groups in total. The van der Waals surface area contributed by atoms with Crippen molar-refractivity contribution in [2.45, 2.75) is 19.9 Å². The number of carbonyl (C=O) groups excluding carboxylic acids is 1. The molecule has 1 aliphatic heterocycles. The van der Waals surface area contributed by atoms with Crippen molar-refractivity contribution in [1.29, 1.82) is 0 Å². The molecule has 0 bridgehead atoms. The highest BCUT2D eigenvalue weighted by atomic mass is 16.5. The van der Waals surface area contributed by atoms with Crippen LogP contribution in [0, 0.1) is 0 Å². The van der Waals surface area contributed by atoms with E-state index in [0.29, 0.717) is 6.61 Å². The van der Waals surface area contributed by atoms with Crippen molar-refractivity contribution in [3.63, 3.8) is 0 Å². The molecule has 0 aromatic carbocycles. The maximum atomic E-state index is 11.7. The highest BCUT2D eigenvalue weighted by molar-refractivity contribution is 5.79. The van der Waals surface area contributed by atoms with E-state index in [-0.39, 0.29) is 12.0 Å². The fourth-order valence-corrected chi connectivity index (χ4v) is 1.82. The van der Waals surface area contributed by atoms with E-state index in [2.05, 4.69) is 16.8 Å². The maximum absolute atomic E-state index is 11.7. The minimum absolute atomic E-state index is 0.174. The Labute approximate surface area is 91.3 Å². The Kier molecular flexibility index (Phi) is 4.78. The second-order valence-corrected chi connectivity index (χ2v) is 3.79. The first-order valence-electron chi connectivity index (χ1n) is 5.43. The van der Waals surface area contributed by atoms with Gasteiger partial charge in [0.2, 0.25) is 0 Å². The quantitative estimate of drug-likeness (QED) is 0.541. The molecule has 1 heterocycles. The van der Waals surface area contributed by atoms with E-state index >= 15 is 0 Å². The van der Waals surface area contributed by atoms with Gasteiger partial charge in [-0.1, -0.05) is 12.2 Å². The molecule has 1 unspecified atom stereocenters. The van der Waals surface area contributed by atoms with Gasteiger partial charge in [0.15, 0.2) is 0 Å². The van der Waals surface area contributed by atoms with Crippen LogP contribution < -0.4 is 5.32 Å². The Hall–Kier alpha value is -0.870. The predicted octanol–water partition coefficient (Wildman–Crippen LogP) is 0.399. The molecule has 4 heteroatoms. The SMILES string of the molecule is C=C(C)C(C(=O)OCC)N1CCNCC1. The van der Waals surface area contributed by atoms with Crippen molar-refractivity contribution in [3.05, 3.63) is 12.2 Å². The lowest BCUT2D eigenvalue weighted by Gasteiger charge is -2.33. The zero-order valence-corrected chi connectivity index (χ0v) is 9.58. The Morgan fingerprint density at radius 1 is 1.53 bits per heavy atom. The average molecular weight is 212 g/mol. The molecule has 1 aliphatic rings. The van der Waals surface area contributed by atoms with E-state index in [4.69, 9.17) is 4.74 Å². The fraction of sp³-hybridized carbons (Fsp3) is 0.727. The third-order valence-corrected chi connectivity index (χ3v) is 2.49.